The molecule has 18 heavy (non-hydrogen) atoms. The second-order valence-corrected chi connectivity index (χ2v) is 5.38. The zero-order valence-electron chi connectivity index (χ0n) is 12.5. The number of likely N-dealkylation sites (tertiary alicyclic amines) is 1. The molecule has 1 aliphatic heterocycles. The molecule has 0 atom stereocenters. The third-order valence-electron chi connectivity index (χ3n) is 4.13. The highest BCUT2D eigenvalue weighted by Crippen LogP contribution is 2.19. The Kier molecular flexibility index (Phi) is 7.15. The summed E-state index contributed by atoms with van der Waals surface area (Å²) in [7, 11) is 0. The first-order valence-electron chi connectivity index (χ1n) is 7.45. The maximum Gasteiger partial charge on any atom is 0.0647 e. The van der Waals surface area contributed by atoms with Gasteiger partial charge in [0.1, 0.15) is 0 Å². The molecule has 4 nitrogen and oxygen atoms in total. The first kappa shape index (κ1) is 15.9. The molecule has 0 saturated carbocycles. The molecule has 0 aromatic heterocycles. The van der Waals surface area contributed by atoms with Crippen LogP contribution >= 0.6 is 0 Å². The molecule has 0 bridgehead atoms. The van der Waals surface area contributed by atoms with Crippen LogP contribution in [0, 0.1) is 0 Å². The Bertz CT molecular complexity index is 211. The van der Waals surface area contributed by atoms with E-state index in [4.69, 9.17) is 10.5 Å². The monoisotopic (exact) mass is 257 g/mol. The molecule has 1 aliphatic rings. The predicted molar refractivity (Wildman–Crippen MR) is 76.9 cm³/mol. The number of hydrogen-bond acceptors (Lipinski definition) is 4. The third kappa shape index (κ3) is 5.22. The standard InChI is InChI=1S/C14H31N3O/c1-4-16(5-2)11-12-18-13-14(15)7-9-17(6-3)10-8-14/h4-13,15H2,1-3H3. The molecular formula is C14H31N3O. The van der Waals surface area contributed by atoms with Crippen molar-refractivity contribution in [1.82, 2.24) is 9.80 Å². The molecular weight excluding hydrogens is 226 g/mol. The molecule has 2 N–H and O–H groups in total. The van der Waals surface area contributed by atoms with Crippen LogP contribution in [0.3, 0.4) is 0 Å². The highest BCUT2D eigenvalue weighted by Gasteiger charge is 2.30. The van der Waals surface area contributed by atoms with Crippen molar-refractivity contribution in [3.8, 4) is 0 Å². The lowest BCUT2D eigenvalue weighted by Crippen LogP contribution is -2.53. The van der Waals surface area contributed by atoms with Crippen molar-refractivity contribution in [2.75, 3.05) is 52.5 Å². The van der Waals surface area contributed by atoms with Crippen LogP contribution < -0.4 is 5.73 Å². The minimum Gasteiger partial charge on any atom is -0.378 e. The summed E-state index contributed by atoms with van der Waals surface area (Å²) < 4.78 is 5.79. The van der Waals surface area contributed by atoms with Crippen molar-refractivity contribution < 1.29 is 4.74 Å². The zero-order chi connectivity index (χ0) is 13.4. The molecule has 0 aliphatic carbocycles. The van der Waals surface area contributed by atoms with E-state index in [2.05, 4.69) is 30.6 Å². The maximum absolute atomic E-state index is 6.39. The topological polar surface area (TPSA) is 41.7 Å². The van der Waals surface area contributed by atoms with Gasteiger partial charge in [-0.15, -0.1) is 0 Å². The summed E-state index contributed by atoms with van der Waals surface area (Å²) in [6, 6.07) is 0. The largest absolute Gasteiger partial charge is 0.378 e. The Morgan fingerprint density at radius 1 is 1.17 bits per heavy atom. The highest BCUT2D eigenvalue weighted by atomic mass is 16.5. The van der Waals surface area contributed by atoms with Crippen molar-refractivity contribution in [3.05, 3.63) is 0 Å². The average Bonchev–Trinajstić information content (AvgIpc) is 2.40. The molecule has 1 heterocycles. The third-order valence-corrected chi connectivity index (χ3v) is 4.13. The Morgan fingerprint density at radius 3 is 2.28 bits per heavy atom. The van der Waals surface area contributed by atoms with E-state index >= 15 is 0 Å². The van der Waals surface area contributed by atoms with Gasteiger partial charge in [-0.05, 0) is 45.6 Å². The van der Waals surface area contributed by atoms with Gasteiger partial charge < -0.3 is 20.3 Å². The number of ether oxygens (including phenoxy) is 1. The van der Waals surface area contributed by atoms with Crippen LogP contribution in [0.15, 0.2) is 0 Å². The Hall–Kier alpha value is -0.160. The molecule has 0 radical (unpaired) electrons. The Labute approximate surface area is 112 Å². The normalized spacial score (nSPS) is 20.5. The number of piperidine rings is 1. The van der Waals surface area contributed by atoms with Crippen molar-refractivity contribution in [1.29, 1.82) is 0 Å². The van der Waals surface area contributed by atoms with E-state index in [1.54, 1.807) is 0 Å². The second-order valence-electron chi connectivity index (χ2n) is 5.38. The zero-order valence-corrected chi connectivity index (χ0v) is 12.5. The van der Waals surface area contributed by atoms with Crippen molar-refractivity contribution in [2.45, 2.75) is 39.2 Å². The van der Waals surface area contributed by atoms with Gasteiger partial charge in [-0.3, -0.25) is 0 Å². The maximum atomic E-state index is 6.39. The minimum atomic E-state index is -0.0884. The molecule has 0 amide bonds. The smallest absolute Gasteiger partial charge is 0.0647 e. The van der Waals surface area contributed by atoms with E-state index < -0.39 is 0 Å². The van der Waals surface area contributed by atoms with Crippen LogP contribution in [0.25, 0.3) is 0 Å². The number of likely N-dealkylation sites (N-methyl/N-ethyl adjacent to an activating group) is 1. The van der Waals surface area contributed by atoms with Gasteiger partial charge in [-0.2, -0.15) is 0 Å². The summed E-state index contributed by atoms with van der Waals surface area (Å²) in [5.74, 6) is 0. The number of hydrogen-bond donors (Lipinski definition) is 1. The minimum absolute atomic E-state index is 0.0884. The molecule has 108 valence electrons. The van der Waals surface area contributed by atoms with Crippen LogP contribution in [-0.4, -0.2) is 67.8 Å². The van der Waals surface area contributed by atoms with Crippen LogP contribution in [-0.2, 0) is 4.74 Å². The van der Waals surface area contributed by atoms with Crippen molar-refractivity contribution in [3.63, 3.8) is 0 Å². The van der Waals surface area contributed by atoms with Gasteiger partial charge in [-0.1, -0.05) is 20.8 Å². The summed E-state index contributed by atoms with van der Waals surface area (Å²) >= 11 is 0. The predicted octanol–water partition coefficient (Wildman–Crippen LogP) is 1.16. The molecule has 0 spiro atoms. The molecule has 0 unspecified atom stereocenters. The van der Waals surface area contributed by atoms with Gasteiger partial charge >= 0.3 is 0 Å². The molecule has 0 aromatic rings. The van der Waals surface area contributed by atoms with Crippen LogP contribution in [0.2, 0.25) is 0 Å². The van der Waals surface area contributed by atoms with Gasteiger partial charge in [0.25, 0.3) is 0 Å². The quantitative estimate of drug-likeness (QED) is 0.663. The summed E-state index contributed by atoms with van der Waals surface area (Å²) in [6.45, 7) is 14.7. The van der Waals surface area contributed by atoms with E-state index in [1.165, 1.54) is 0 Å². The van der Waals surface area contributed by atoms with E-state index in [1.807, 2.05) is 0 Å². The second kappa shape index (κ2) is 8.10. The van der Waals surface area contributed by atoms with E-state index in [-0.39, 0.29) is 5.54 Å². The molecule has 1 fully saturated rings. The average molecular weight is 257 g/mol. The Balaban J connectivity index is 2.15. The molecule has 1 rings (SSSR count). The van der Waals surface area contributed by atoms with Crippen LogP contribution in [0.5, 0.6) is 0 Å². The lowest BCUT2D eigenvalue weighted by molar-refractivity contribution is 0.0402. The fourth-order valence-electron chi connectivity index (χ4n) is 2.47. The van der Waals surface area contributed by atoms with Crippen molar-refractivity contribution in [2.24, 2.45) is 5.73 Å². The van der Waals surface area contributed by atoms with Gasteiger partial charge in [-0.25, -0.2) is 0 Å². The number of rotatable bonds is 8. The van der Waals surface area contributed by atoms with Crippen molar-refractivity contribution >= 4 is 0 Å². The fourth-order valence-corrected chi connectivity index (χ4v) is 2.47. The highest BCUT2D eigenvalue weighted by molar-refractivity contribution is 4.89. The van der Waals surface area contributed by atoms with Crippen LogP contribution in [0.4, 0.5) is 0 Å². The van der Waals surface area contributed by atoms with Gasteiger partial charge in [0.05, 0.1) is 13.2 Å². The van der Waals surface area contributed by atoms with Gasteiger partial charge in [0.15, 0.2) is 0 Å². The summed E-state index contributed by atoms with van der Waals surface area (Å²) in [5, 5.41) is 0. The van der Waals surface area contributed by atoms with Gasteiger partial charge in [0, 0.05) is 12.1 Å². The Morgan fingerprint density at radius 2 is 1.78 bits per heavy atom. The molecule has 1 saturated heterocycles. The molecule has 0 aromatic carbocycles. The van der Waals surface area contributed by atoms with E-state index in [9.17, 15) is 0 Å². The van der Waals surface area contributed by atoms with Gasteiger partial charge in [0.2, 0.25) is 0 Å². The number of nitrogens with two attached hydrogens (primary N) is 1. The summed E-state index contributed by atoms with van der Waals surface area (Å²) in [6.07, 6.45) is 2.12. The first-order valence-corrected chi connectivity index (χ1v) is 7.45. The van der Waals surface area contributed by atoms with Crippen LogP contribution in [0.1, 0.15) is 33.6 Å². The summed E-state index contributed by atoms with van der Waals surface area (Å²) in [5.41, 5.74) is 6.30. The molecule has 4 heteroatoms. The van der Waals surface area contributed by atoms with E-state index in [0.717, 1.165) is 58.7 Å². The lowest BCUT2D eigenvalue weighted by atomic mass is 9.89. The lowest BCUT2D eigenvalue weighted by Gasteiger charge is -2.38. The van der Waals surface area contributed by atoms with E-state index in [0.29, 0.717) is 6.61 Å². The number of nitrogens with zero attached hydrogens (tertiary/aromatic N) is 2. The fraction of sp³-hybridized carbons (Fsp3) is 1.00. The first-order chi connectivity index (χ1) is 8.63. The SMILES string of the molecule is CCN(CC)CCOCC1(N)CCN(CC)CC1. The summed E-state index contributed by atoms with van der Waals surface area (Å²) in [4.78, 5) is 4.84.